The van der Waals surface area contributed by atoms with Gasteiger partial charge in [-0.05, 0) is 19.4 Å². The molecule has 94 valence electrons. The molecule has 0 aliphatic heterocycles. The number of rotatable bonds is 3. The zero-order chi connectivity index (χ0) is 13.0. The lowest BCUT2D eigenvalue weighted by atomic mass is 10.1. The van der Waals surface area contributed by atoms with Crippen LogP contribution >= 0.6 is 11.3 Å². The highest BCUT2D eigenvalue weighted by atomic mass is 32.1. The number of anilines is 1. The Morgan fingerprint density at radius 3 is 2.61 bits per heavy atom. The Bertz CT molecular complexity index is 533. The number of aromatic nitrogens is 1. The van der Waals surface area contributed by atoms with Gasteiger partial charge in [0.2, 0.25) is 0 Å². The minimum Gasteiger partial charge on any atom is -0.334 e. The number of thiazole rings is 1. The summed E-state index contributed by atoms with van der Waals surface area (Å²) in [6.45, 7) is 4.44. The number of nitrogens with zero attached hydrogens (tertiary/aromatic N) is 1. The van der Waals surface area contributed by atoms with E-state index in [1.54, 1.807) is 0 Å². The van der Waals surface area contributed by atoms with E-state index in [0.717, 1.165) is 11.3 Å². The van der Waals surface area contributed by atoms with Gasteiger partial charge in [-0.3, -0.25) is 5.32 Å². The Hall–Kier alpha value is -1.88. The molecule has 0 aliphatic carbocycles. The molecule has 0 unspecified atom stereocenters. The topological polar surface area (TPSA) is 54.0 Å². The first-order chi connectivity index (χ1) is 8.63. The van der Waals surface area contributed by atoms with Crippen LogP contribution in [0.15, 0.2) is 29.6 Å². The number of amides is 2. The highest BCUT2D eigenvalue weighted by molar-refractivity contribution is 7.13. The number of carbonyl (C=O) groups excluding carboxylic acids is 1. The molecule has 4 nitrogen and oxygen atoms in total. The van der Waals surface area contributed by atoms with Crippen molar-refractivity contribution in [2.75, 3.05) is 5.32 Å². The second-order valence-electron chi connectivity index (χ2n) is 4.09. The molecule has 0 saturated carbocycles. The number of aryl methyl sites for hydroxylation is 2. The number of carbonyl (C=O) groups is 1. The molecule has 0 radical (unpaired) electrons. The van der Waals surface area contributed by atoms with Gasteiger partial charge in [0.25, 0.3) is 0 Å². The fourth-order valence-corrected chi connectivity index (χ4v) is 2.12. The Kier molecular flexibility index (Phi) is 3.94. The molecular weight excluding hydrogens is 246 g/mol. The van der Waals surface area contributed by atoms with E-state index in [1.807, 2.05) is 43.5 Å². The highest BCUT2D eigenvalue weighted by Gasteiger charge is 2.04. The molecule has 1 aromatic carbocycles. The summed E-state index contributed by atoms with van der Waals surface area (Å²) in [7, 11) is 0. The molecule has 0 fully saturated rings. The minimum absolute atomic E-state index is 0.232. The summed E-state index contributed by atoms with van der Waals surface area (Å²) in [5, 5.41) is 8.01. The maximum Gasteiger partial charge on any atom is 0.321 e. The predicted molar refractivity (Wildman–Crippen MR) is 73.9 cm³/mol. The zero-order valence-corrected chi connectivity index (χ0v) is 11.2. The molecule has 2 rings (SSSR count). The standard InChI is InChI=1S/C13H15N3OS/c1-9-3-5-11(6-4-9)7-14-12(17)16-13-15-10(2)8-18-13/h3-6,8H,7H2,1-2H3,(H2,14,15,16,17). The summed E-state index contributed by atoms with van der Waals surface area (Å²) < 4.78 is 0. The molecule has 0 saturated heterocycles. The van der Waals surface area contributed by atoms with Crippen LogP contribution in [0.5, 0.6) is 0 Å². The fraction of sp³-hybridized carbons (Fsp3) is 0.231. The van der Waals surface area contributed by atoms with E-state index in [1.165, 1.54) is 16.9 Å². The molecule has 1 aromatic heterocycles. The quantitative estimate of drug-likeness (QED) is 0.892. The van der Waals surface area contributed by atoms with Crippen molar-refractivity contribution in [1.29, 1.82) is 0 Å². The van der Waals surface area contributed by atoms with Gasteiger partial charge in [0.05, 0.1) is 5.69 Å². The van der Waals surface area contributed by atoms with Gasteiger partial charge in [-0.15, -0.1) is 11.3 Å². The van der Waals surface area contributed by atoms with Gasteiger partial charge in [0, 0.05) is 11.9 Å². The summed E-state index contributed by atoms with van der Waals surface area (Å²) in [6, 6.07) is 7.83. The van der Waals surface area contributed by atoms with Crippen LogP contribution in [0, 0.1) is 13.8 Å². The van der Waals surface area contributed by atoms with Crippen LogP contribution in [0.2, 0.25) is 0 Å². The first kappa shape index (κ1) is 12.6. The Labute approximate surface area is 110 Å². The van der Waals surface area contributed by atoms with E-state index in [-0.39, 0.29) is 6.03 Å². The summed E-state index contributed by atoms with van der Waals surface area (Å²) in [6.07, 6.45) is 0. The third kappa shape index (κ3) is 3.56. The van der Waals surface area contributed by atoms with E-state index < -0.39 is 0 Å². The van der Waals surface area contributed by atoms with Crippen molar-refractivity contribution in [3.63, 3.8) is 0 Å². The van der Waals surface area contributed by atoms with Crippen molar-refractivity contribution in [3.05, 3.63) is 46.5 Å². The molecular formula is C13H15N3OS. The lowest BCUT2D eigenvalue weighted by Gasteiger charge is -2.05. The molecule has 0 bridgehead atoms. The molecule has 0 aliphatic rings. The third-order valence-corrected chi connectivity index (χ3v) is 3.29. The lowest BCUT2D eigenvalue weighted by Crippen LogP contribution is -2.28. The zero-order valence-electron chi connectivity index (χ0n) is 10.4. The summed E-state index contributed by atoms with van der Waals surface area (Å²) in [5.74, 6) is 0. The molecule has 1 heterocycles. The second-order valence-corrected chi connectivity index (χ2v) is 4.95. The summed E-state index contributed by atoms with van der Waals surface area (Å²) in [4.78, 5) is 15.8. The fourth-order valence-electron chi connectivity index (χ4n) is 1.44. The van der Waals surface area contributed by atoms with Crippen LogP contribution < -0.4 is 10.6 Å². The molecule has 2 N–H and O–H groups in total. The maximum absolute atomic E-state index is 11.6. The van der Waals surface area contributed by atoms with Gasteiger partial charge >= 0.3 is 6.03 Å². The SMILES string of the molecule is Cc1ccc(CNC(=O)Nc2nc(C)cs2)cc1. The molecule has 0 spiro atoms. The lowest BCUT2D eigenvalue weighted by molar-refractivity contribution is 0.251. The van der Waals surface area contributed by atoms with Gasteiger partial charge in [0.1, 0.15) is 0 Å². The van der Waals surface area contributed by atoms with E-state index in [4.69, 9.17) is 0 Å². The van der Waals surface area contributed by atoms with Crippen molar-refractivity contribution >= 4 is 22.5 Å². The van der Waals surface area contributed by atoms with Crippen molar-refractivity contribution < 1.29 is 4.79 Å². The smallest absolute Gasteiger partial charge is 0.321 e. The molecule has 2 aromatic rings. The average Bonchev–Trinajstić information content (AvgIpc) is 2.74. The van der Waals surface area contributed by atoms with Crippen LogP contribution in [-0.4, -0.2) is 11.0 Å². The first-order valence-electron chi connectivity index (χ1n) is 5.66. The van der Waals surface area contributed by atoms with Gasteiger partial charge < -0.3 is 5.32 Å². The van der Waals surface area contributed by atoms with E-state index >= 15 is 0 Å². The Balaban J connectivity index is 1.83. The van der Waals surface area contributed by atoms with Gasteiger partial charge in [0.15, 0.2) is 5.13 Å². The van der Waals surface area contributed by atoms with E-state index in [2.05, 4.69) is 15.6 Å². The number of hydrogen-bond donors (Lipinski definition) is 2. The van der Waals surface area contributed by atoms with Crippen molar-refractivity contribution in [1.82, 2.24) is 10.3 Å². The largest absolute Gasteiger partial charge is 0.334 e. The number of hydrogen-bond acceptors (Lipinski definition) is 3. The van der Waals surface area contributed by atoms with Gasteiger partial charge in [-0.1, -0.05) is 29.8 Å². The Morgan fingerprint density at radius 1 is 1.28 bits per heavy atom. The second kappa shape index (κ2) is 5.64. The first-order valence-corrected chi connectivity index (χ1v) is 6.54. The molecule has 0 atom stereocenters. The monoisotopic (exact) mass is 261 g/mol. The van der Waals surface area contributed by atoms with Crippen molar-refractivity contribution in [2.24, 2.45) is 0 Å². The Morgan fingerprint density at radius 2 is 2.00 bits per heavy atom. The molecule has 18 heavy (non-hydrogen) atoms. The van der Waals surface area contributed by atoms with Crippen molar-refractivity contribution in [2.45, 2.75) is 20.4 Å². The maximum atomic E-state index is 11.6. The van der Waals surface area contributed by atoms with Gasteiger partial charge in [-0.2, -0.15) is 0 Å². The predicted octanol–water partition coefficient (Wildman–Crippen LogP) is 3.08. The average molecular weight is 261 g/mol. The van der Waals surface area contributed by atoms with Crippen LogP contribution in [0.3, 0.4) is 0 Å². The van der Waals surface area contributed by atoms with Crippen LogP contribution in [0.1, 0.15) is 16.8 Å². The number of benzene rings is 1. The van der Waals surface area contributed by atoms with Crippen molar-refractivity contribution in [3.8, 4) is 0 Å². The molecule has 2 amide bonds. The van der Waals surface area contributed by atoms with E-state index in [0.29, 0.717) is 11.7 Å². The normalized spacial score (nSPS) is 10.1. The van der Waals surface area contributed by atoms with Gasteiger partial charge in [-0.25, -0.2) is 9.78 Å². The summed E-state index contributed by atoms with van der Waals surface area (Å²) >= 11 is 1.42. The van der Waals surface area contributed by atoms with Crippen LogP contribution in [0.4, 0.5) is 9.93 Å². The van der Waals surface area contributed by atoms with E-state index in [9.17, 15) is 4.79 Å². The highest BCUT2D eigenvalue weighted by Crippen LogP contribution is 2.13. The third-order valence-electron chi connectivity index (χ3n) is 2.41. The van der Waals surface area contributed by atoms with Crippen LogP contribution in [0.25, 0.3) is 0 Å². The van der Waals surface area contributed by atoms with Crippen LogP contribution in [-0.2, 0) is 6.54 Å². The summed E-state index contributed by atoms with van der Waals surface area (Å²) in [5.41, 5.74) is 3.20. The number of urea groups is 1. The number of nitrogens with one attached hydrogen (secondary N) is 2. The minimum atomic E-state index is -0.232. The molecule has 5 heteroatoms.